The molecule has 1 aliphatic heterocycles. The van der Waals surface area contributed by atoms with Crippen LogP contribution in [0.3, 0.4) is 0 Å². The Kier molecular flexibility index (Phi) is 4.07. The van der Waals surface area contributed by atoms with Crippen molar-refractivity contribution in [2.45, 2.75) is 30.9 Å². The van der Waals surface area contributed by atoms with Gasteiger partial charge in [-0.25, -0.2) is 4.79 Å². The van der Waals surface area contributed by atoms with E-state index in [1.54, 1.807) is 0 Å². The lowest BCUT2D eigenvalue weighted by Gasteiger charge is -2.32. The topological polar surface area (TPSA) is 122 Å². The third-order valence-corrected chi connectivity index (χ3v) is 2.89. The maximum Gasteiger partial charge on any atom is 0.337 e. The second kappa shape index (κ2) is 4.99. The van der Waals surface area contributed by atoms with E-state index in [0.717, 1.165) is 6.92 Å². The summed E-state index contributed by atoms with van der Waals surface area (Å²) >= 11 is 0. The first kappa shape index (κ1) is 13.9. The van der Waals surface area contributed by atoms with Crippen LogP contribution in [-0.2, 0) is 14.3 Å². The number of aliphatic hydroxyl groups is 1. The number of ether oxygens (including phenoxy) is 1. The van der Waals surface area contributed by atoms with Crippen LogP contribution in [0.15, 0.2) is 0 Å². The van der Waals surface area contributed by atoms with Crippen LogP contribution in [-0.4, -0.2) is 53.0 Å². The molecule has 0 saturated carbocycles. The standard InChI is InChI=1S/C10H18N2O5/c1-9(16,8(14)15)6-12-7(13)10(11)2-4-17-5-3-10/h16H,2-6,11H2,1H3,(H,12,13)(H,14,15). The number of amides is 1. The van der Waals surface area contributed by atoms with Crippen molar-refractivity contribution >= 4 is 11.9 Å². The third-order valence-electron chi connectivity index (χ3n) is 2.89. The molecule has 1 heterocycles. The predicted molar refractivity (Wildman–Crippen MR) is 58.2 cm³/mol. The summed E-state index contributed by atoms with van der Waals surface area (Å²) in [5.41, 5.74) is 2.86. The van der Waals surface area contributed by atoms with Crippen molar-refractivity contribution in [1.82, 2.24) is 5.32 Å². The molecular weight excluding hydrogens is 228 g/mol. The Labute approximate surface area is 98.9 Å². The average Bonchev–Trinajstić information content (AvgIpc) is 2.26. The molecule has 1 unspecified atom stereocenters. The number of nitrogens with two attached hydrogens (primary N) is 1. The summed E-state index contributed by atoms with van der Waals surface area (Å²) in [7, 11) is 0. The Hall–Kier alpha value is -1.18. The molecule has 1 atom stereocenters. The fraction of sp³-hybridized carbons (Fsp3) is 0.800. The van der Waals surface area contributed by atoms with Gasteiger partial charge in [-0.2, -0.15) is 0 Å². The lowest BCUT2D eigenvalue weighted by Crippen LogP contribution is -2.59. The van der Waals surface area contributed by atoms with Gasteiger partial charge in [-0.1, -0.05) is 0 Å². The molecule has 0 aliphatic carbocycles. The van der Waals surface area contributed by atoms with E-state index in [1.807, 2.05) is 0 Å². The summed E-state index contributed by atoms with van der Waals surface area (Å²) in [4.78, 5) is 22.4. The summed E-state index contributed by atoms with van der Waals surface area (Å²) in [6, 6.07) is 0. The van der Waals surface area contributed by atoms with Crippen LogP contribution in [0, 0.1) is 0 Å². The van der Waals surface area contributed by atoms with Gasteiger partial charge in [0.2, 0.25) is 5.91 Å². The van der Waals surface area contributed by atoms with Crippen molar-refractivity contribution in [3.05, 3.63) is 0 Å². The number of carboxylic acids is 1. The Bertz CT molecular complexity index is 310. The van der Waals surface area contributed by atoms with E-state index in [9.17, 15) is 14.7 Å². The van der Waals surface area contributed by atoms with Gasteiger partial charge in [0.1, 0.15) is 0 Å². The van der Waals surface area contributed by atoms with E-state index >= 15 is 0 Å². The largest absolute Gasteiger partial charge is 0.479 e. The molecule has 1 saturated heterocycles. The summed E-state index contributed by atoms with van der Waals surface area (Å²) < 4.78 is 5.10. The molecule has 5 N–H and O–H groups in total. The molecule has 0 aromatic heterocycles. The Morgan fingerprint density at radius 2 is 2.00 bits per heavy atom. The Morgan fingerprint density at radius 3 is 2.47 bits per heavy atom. The molecule has 17 heavy (non-hydrogen) atoms. The second-order valence-electron chi connectivity index (χ2n) is 4.53. The maximum absolute atomic E-state index is 11.8. The molecule has 0 bridgehead atoms. The number of aliphatic carboxylic acids is 1. The van der Waals surface area contributed by atoms with Crippen LogP contribution in [0.1, 0.15) is 19.8 Å². The van der Waals surface area contributed by atoms with Crippen molar-refractivity contribution in [3.8, 4) is 0 Å². The minimum Gasteiger partial charge on any atom is -0.479 e. The van der Waals surface area contributed by atoms with Crippen molar-refractivity contribution in [1.29, 1.82) is 0 Å². The zero-order chi connectivity index (χ0) is 13.1. The lowest BCUT2D eigenvalue weighted by molar-refractivity contribution is -0.156. The van der Waals surface area contributed by atoms with Crippen LogP contribution in [0.5, 0.6) is 0 Å². The first-order chi connectivity index (χ1) is 7.78. The van der Waals surface area contributed by atoms with E-state index in [-0.39, 0.29) is 6.54 Å². The quantitative estimate of drug-likeness (QED) is 0.476. The van der Waals surface area contributed by atoms with E-state index in [1.165, 1.54) is 0 Å². The highest BCUT2D eigenvalue weighted by Crippen LogP contribution is 2.17. The molecule has 7 nitrogen and oxygen atoms in total. The van der Waals surface area contributed by atoms with Crippen LogP contribution in [0.2, 0.25) is 0 Å². The van der Waals surface area contributed by atoms with Gasteiger partial charge >= 0.3 is 5.97 Å². The highest BCUT2D eigenvalue weighted by atomic mass is 16.5. The number of carbonyl (C=O) groups excluding carboxylic acids is 1. The summed E-state index contributed by atoms with van der Waals surface area (Å²) in [6.07, 6.45) is 0.766. The number of hydrogen-bond acceptors (Lipinski definition) is 5. The monoisotopic (exact) mass is 246 g/mol. The summed E-state index contributed by atoms with van der Waals surface area (Å²) in [5.74, 6) is -1.85. The van der Waals surface area contributed by atoms with Crippen LogP contribution in [0.25, 0.3) is 0 Å². The Morgan fingerprint density at radius 1 is 1.47 bits per heavy atom. The van der Waals surface area contributed by atoms with Gasteiger partial charge in [0.05, 0.1) is 12.1 Å². The Balaban J connectivity index is 2.52. The molecule has 0 aromatic carbocycles. The number of hydrogen-bond donors (Lipinski definition) is 4. The van der Waals surface area contributed by atoms with Gasteiger partial charge in [-0.15, -0.1) is 0 Å². The molecule has 0 radical (unpaired) electrons. The number of carbonyl (C=O) groups is 2. The molecule has 0 spiro atoms. The van der Waals surface area contributed by atoms with Gasteiger partial charge < -0.3 is 26.0 Å². The molecular formula is C10H18N2O5. The van der Waals surface area contributed by atoms with Crippen LogP contribution in [0.4, 0.5) is 0 Å². The predicted octanol–water partition coefficient (Wildman–Crippen LogP) is -1.55. The smallest absolute Gasteiger partial charge is 0.337 e. The zero-order valence-corrected chi connectivity index (χ0v) is 9.73. The zero-order valence-electron chi connectivity index (χ0n) is 9.73. The molecule has 0 aromatic rings. The normalized spacial score (nSPS) is 22.5. The van der Waals surface area contributed by atoms with E-state index < -0.39 is 23.0 Å². The maximum atomic E-state index is 11.8. The van der Waals surface area contributed by atoms with Crippen molar-refractivity contribution in [2.24, 2.45) is 5.73 Å². The minimum atomic E-state index is -1.99. The molecule has 1 aliphatic rings. The fourth-order valence-corrected chi connectivity index (χ4v) is 1.47. The molecule has 1 rings (SSSR count). The third kappa shape index (κ3) is 3.39. The van der Waals surface area contributed by atoms with Gasteiger partial charge in [0.25, 0.3) is 0 Å². The van der Waals surface area contributed by atoms with Crippen molar-refractivity contribution in [3.63, 3.8) is 0 Å². The highest BCUT2D eigenvalue weighted by molar-refractivity contribution is 5.87. The highest BCUT2D eigenvalue weighted by Gasteiger charge is 2.38. The molecule has 1 amide bonds. The van der Waals surface area contributed by atoms with E-state index in [0.29, 0.717) is 26.1 Å². The van der Waals surface area contributed by atoms with E-state index in [4.69, 9.17) is 15.6 Å². The summed E-state index contributed by atoms with van der Waals surface area (Å²) in [6.45, 7) is 1.54. The van der Waals surface area contributed by atoms with Crippen molar-refractivity contribution in [2.75, 3.05) is 19.8 Å². The SMILES string of the molecule is CC(O)(CNC(=O)C1(N)CCOCC1)C(=O)O. The second-order valence-corrected chi connectivity index (χ2v) is 4.53. The van der Waals surface area contributed by atoms with Crippen molar-refractivity contribution < 1.29 is 24.5 Å². The van der Waals surface area contributed by atoms with Gasteiger partial charge in [0.15, 0.2) is 5.60 Å². The first-order valence-corrected chi connectivity index (χ1v) is 5.39. The number of nitrogens with one attached hydrogen (secondary N) is 1. The first-order valence-electron chi connectivity index (χ1n) is 5.39. The van der Waals surface area contributed by atoms with Gasteiger partial charge in [0, 0.05) is 13.2 Å². The number of carboxylic acid groups (broad SMARTS) is 1. The van der Waals surface area contributed by atoms with Gasteiger partial charge in [-0.3, -0.25) is 4.79 Å². The lowest BCUT2D eigenvalue weighted by atomic mass is 9.90. The average molecular weight is 246 g/mol. The molecule has 1 fully saturated rings. The minimum absolute atomic E-state index is 0.374. The summed E-state index contributed by atoms with van der Waals surface area (Å²) in [5, 5.41) is 20.5. The molecule has 7 heteroatoms. The van der Waals surface area contributed by atoms with Crippen LogP contribution < -0.4 is 11.1 Å². The fourth-order valence-electron chi connectivity index (χ4n) is 1.47. The van der Waals surface area contributed by atoms with Gasteiger partial charge in [-0.05, 0) is 19.8 Å². The molecule has 98 valence electrons. The van der Waals surface area contributed by atoms with Crippen LogP contribution >= 0.6 is 0 Å². The van der Waals surface area contributed by atoms with E-state index in [2.05, 4.69) is 5.32 Å². The number of rotatable bonds is 4.